The van der Waals surface area contributed by atoms with E-state index < -0.39 is 6.10 Å². The van der Waals surface area contributed by atoms with Gasteiger partial charge in [0.2, 0.25) is 0 Å². The zero-order valence-electron chi connectivity index (χ0n) is 15.1. The molecule has 0 bridgehead atoms. The van der Waals surface area contributed by atoms with Crippen LogP contribution < -0.4 is 0 Å². The Labute approximate surface area is 135 Å². The molecular weight excluding hydrogens is 272 g/mol. The van der Waals surface area contributed by atoms with E-state index in [2.05, 4.69) is 41.5 Å². The summed E-state index contributed by atoms with van der Waals surface area (Å²) in [7, 11) is 0. The molecule has 2 nitrogen and oxygen atoms in total. The van der Waals surface area contributed by atoms with Crippen molar-refractivity contribution < 1.29 is 9.90 Å². The summed E-state index contributed by atoms with van der Waals surface area (Å²) in [5.41, 5.74) is 2.77. The summed E-state index contributed by atoms with van der Waals surface area (Å²) >= 11 is 0. The number of rotatable bonds is 1. The van der Waals surface area contributed by atoms with Crippen LogP contribution in [0.3, 0.4) is 0 Å². The Balaban J connectivity index is 2.14. The van der Waals surface area contributed by atoms with Crippen LogP contribution in [0.5, 0.6) is 0 Å². The first-order chi connectivity index (χ1) is 10.00. The molecule has 0 fully saturated rings. The van der Waals surface area contributed by atoms with Crippen LogP contribution in [0.15, 0.2) is 23.3 Å². The summed E-state index contributed by atoms with van der Waals surface area (Å²) in [5.74, 6) is 0.322. The van der Waals surface area contributed by atoms with Crippen molar-refractivity contribution >= 4 is 5.78 Å². The zero-order valence-corrected chi connectivity index (χ0v) is 15.1. The minimum Gasteiger partial charge on any atom is -0.389 e. The molecule has 0 radical (unpaired) electrons. The maximum Gasteiger partial charge on any atom is 0.159 e. The summed E-state index contributed by atoms with van der Waals surface area (Å²) in [4.78, 5) is 12.6. The Hall–Kier alpha value is -0.890. The molecule has 0 aromatic heterocycles. The van der Waals surface area contributed by atoms with Gasteiger partial charge in [-0.15, -0.1) is 0 Å². The molecule has 0 spiro atoms. The van der Waals surface area contributed by atoms with E-state index in [1.807, 2.05) is 12.2 Å². The van der Waals surface area contributed by atoms with Crippen molar-refractivity contribution in [1.29, 1.82) is 0 Å². The molecule has 22 heavy (non-hydrogen) atoms. The number of aliphatic hydroxyl groups is 1. The molecular formula is C20H32O2. The van der Waals surface area contributed by atoms with Crippen molar-refractivity contribution in [3.8, 4) is 0 Å². The van der Waals surface area contributed by atoms with Gasteiger partial charge in [0, 0.05) is 5.92 Å². The van der Waals surface area contributed by atoms with Crippen LogP contribution in [0.25, 0.3) is 0 Å². The molecule has 0 unspecified atom stereocenters. The molecule has 0 aliphatic heterocycles. The van der Waals surface area contributed by atoms with E-state index in [4.69, 9.17) is 0 Å². The van der Waals surface area contributed by atoms with Crippen molar-refractivity contribution in [3.63, 3.8) is 0 Å². The zero-order chi connectivity index (χ0) is 16.7. The van der Waals surface area contributed by atoms with Gasteiger partial charge in [-0.05, 0) is 48.5 Å². The lowest BCUT2D eigenvalue weighted by Gasteiger charge is -2.38. The summed E-state index contributed by atoms with van der Waals surface area (Å²) < 4.78 is 0. The number of ketones is 1. The van der Waals surface area contributed by atoms with E-state index in [1.54, 1.807) is 0 Å². The van der Waals surface area contributed by atoms with Crippen molar-refractivity contribution in [2.75, 3.05) is 0 Å². The third-order valence-corrected chi connectivity index (χ3v) is 5.41. The molecule has 0 heterocycles. The lowest BCUT2D eigenvalue weighted by Crippen LogP contribution is -2.37. The van der Waals surface area contributed by atoms with Gasteiger partial charge in [-0.1, -0.05) is 58.8 Å². The minimum absolute atomic E-state index is 0.00105. The Kier molecular flexibility index (Phi) is 4.73. The quantitative estimate of drug-likeness (QED) is 0.714. The van der Waals surface area contributed by atoms with E-state index in [0.717, 1.165) is 25.7 Å². The molecule has 2 aliphatic rings. The second-order valence-corrected chi connectivity index (χ2v) is 9.10. The van der Waals surface area contributed by atoms with Gasteiger partial charge in [0.25, 0.3) is 0 Å². The van der Waals surface area contributed by atoms with Gasteiger partial charge in [0.15, 0.2) is 5.78 Å². The SMILES string of the molecule is CC(C)(C)C1=C[C@@H](O)[C@@H]([C@@H]2CCC(C(C)(C)C)=CC2=O)CC1. The van der Waals surface area contributed by atoms with E-state index in [1.165, 1.54) is 11.1 Å². The van der Waals surface area contributed by atoms with Crippen LogP contribution in [0.4, 0.5) is 0 Å². The highest BCUT2D eigenvalue weighted by Gasteiger charge is 2.38. The van der Waals surface area contributed by atoms with Crippen molar-refractivity contribution in [2.24, 2.45) is 22.7 Å². The maximum atomic E-state index is 12.6. The van der Waals surface area contributed by atoms with Crippen LogP contribution in [0, 0.1) is 22.7 Å². The minimum atomic E-state index is -0.471. The summed E-state index contributed by atoms with van der Waals surface area (Å²) in [5, 5.41) is 10.5. The highest BCUT2D eigenvalue weighted by molar-refractivity contribution is 5.93. The fraction of sp³-hybridized carbons (Fsp3) is 0.750. The first-order valence-electron chi connectivity index (χ1n) is 8.64. The van der Waals surface area contributed by atoms with E-state index in [9.17, 15) is 9.90 Å². The number of hydrogen-bond donors (Lipinski definition) is 1. The molecule has 0 amide bonds. The molecule has 0 aromatic rings. The van der Waals surface area contributed by atoms with Crippen LogP contribution in [-0.4, -0.2) is 17.0 Å². The lowest BCUT2D eigenvalue weighted by atomic mass is 9.67. The Morgan fingerprint density at radius 2 is 1.50 bits per heavy atom. The third kappa shape index (κ3) is 3.71. The van der Waals surface area contributed by atoms with Gasteiger partial charge in [0.05, 0.1) is 6.10 Å². The number of hydrogen-bond acceptors (Lipinski definition) is 2. The number of carbonyl (C=O) groups is 1. The molecule has 124 valence electrons. The van der Waals surface area contributed by atoms with Crippen molar-refractivity contribution in [3.05, 3.63) is 23.3 Å². The molecule has 1 N–H and O–H groups in total. The average Bonchev–Trinajstić information content (AvgIpc) is 2.37. The van der Waals surface area contributed by atoms with Crippen molar-refractivity contribution in [2.45, 2.75) is 73.3 Å². The van der Waals surface area contributed by atoms with Gasteiger partial charge in [-0.3, -0.25) is 4.79 Å². The van der Waals surface area contributed by atoms with Crippen LogP contribution >= 0.6 is 0 Å². The molecule has 0 saturated carbocycles. The highest BCUT2D eigenvalue weighted by atomic mass is 16.3. The third-order valence-electron chi connectivity index (χ3n) is 5.41. The molecule has 3 atom stereocenters. The van der Waals surface area contributed by atoms with Crippen LogP contribution in [0.2, 0.25) is 0 Å². The van der Waals surface area contributed by atoms with E-state index >= 15 is 0 Å². The van der Waals surface area contributed by atoms with Gasteiger partial charge < -0.3 is 5.11 Å². The number of aliphatic hydroxyl groups excluding tert-OH is 1. The molecule has 0 saturated heterocycles. The van der Waals surface area contributed by atoms with Crippen LogP contribution in [0.1, 0.15) is 67.2 Å². The fourth-order valence-electron chi connectivity index (χ4n) is 3.79. The second-order valence-electron chi connectivity index (χ2n) is 9.10. The molecule has 2 heteroatoms. The predicted molar refractivity (Wildman–Crippen MR) is 91.5 cm³/mol. The van der Waals surface area contributed by atoms with Gasteiger partial charge in [0.1, 0.15) is 0 Å². The second kappa shape index (κ2) is 5.96. The first kappa shape index (κ1) is 17.5. The lowest BCUT2D eigenvalue weighted by molar-refractivity contribution is -0.122. The highest BCUT2D eigenvalue weighted by Crippen LogP contribution is 2.42. The fourth-order valence-corrected chi connectivity index (χ4v) is 3.79. The average molecular weight is 304 g/mol. The first-order valence-corrected chi connectivity index (χ1v) is 8.64. The number of allylic oxidation sites excluding steroid dienone is 3. The largest absolute Gasteiger partial charge is 0.389 e. The molecule has 0 aromatic carbocycles. The van der Waals surface area contributed by atoms with Gasteiger partial charge >= 0.3 is 0 Å². The standard InChI is InChI=1S/C20H32O2/c1-19(2,3)13-7-9-15(17(21)11-13)16-10-8-14(12-18(16)22)20(4,5)6/h11-12,15-17,21H,7-10H2,1-6H3/t15-,16+,17-/m1/s1. The van der Waals surface area contributed by atoms with Crippen molar-refractivity contribution in [1.82, 2.24) is 0 Å². The smallest absolute Gasteiger partial charge is 0.159 e. The summed E-state index contributed by atoms with van der Waals surface area (Å²) in [6.07, 6.45) is 7.22. The summed E-state index contributed by atoms with van der Waals surface area (Å²) in [6, 6.07) is 0. The topological polar surface area (TPSA) is 37.3 Å². The Bertz CT molecular complexity index is 497. The Morgan fingerprint density at radius 1 is 0.955 bits per heavy atom. The maximum absolute atomic E-state index is 12.6. The van der Waals surface area contributed by atoms with Gasteiger partial charge in [-0.2, -0.15) is 0 Å². The monoisotopic (exact) mass is 304 g/mol. The van der Waals surface area contributed by atoms with E-state index in [-0.39, 0.29) is 28.4 Å². The van der Waals surface area contributed by atoms with E-state index in [0.29, 0.717) is 0 Å². The normalized spacial score (nSPS) is 30.9. The Morgan fingerprint density at radius 3 is 1.95 bits per heavy atom. The summed E-state index contributed by atoms with van der Waals surface area (Å²) in [6.45, 7) is 13.1. The predicted octanol–water partition coefficient (Wildman–Crippen LogP) is 4.68. The number of carbonyl (C=O) groups excluding carboxylic acids is 1. The van der Waals surface area contributed by atoms with Gasteiger partial charge in [-0.25, -0.2) is 0 Å². The molecule has 2 rings (SSSR count). The van der Waals surface area contributed by atoms with Crippen LogP contribution in [-0.2, 0) is 4.79 Å². The molecule has 2 aliphatic carbocycles.